The predicted molar refractivity (Wildman–Crippen MR) is 68.1 cm³/mol. The molecule has 0 heterocycles. The van der Waals surface area contributed by atoms with Crippen LogP contribution in [0.2, 0.25) is 0 Å². The van der Waals surface area contributed by atoms with Crippen molar-refractivity contribution >= 4 is 0 Å². The summed E-state index contributed by atoms with van der Waals surface area (Å²) in [6.07, 6.45) is 6.23. The third-order valence-corrected chi connectivity index (χ3v) is 4.72. The van der Waals surface area contributed by atoms with Crippen LogP contribution in [0, 0.1) is 17.3 Å². The minimum Gasteiger partial charge on any atom is -0.389 e. The topological polar surface area (TPSA) is 20.2 Å². The van der Waals surface area contributed by atoms with E-state index < -0.39 is 0 Å². The average Bonchev–Trinajstić information content (AvgIpc) is 2.24. The van der Waals surface area contributed by atoms with Gasteiger partial charge < -0.3 is 5.11 Å². The maximum absolute atomic E-state index is 9.94. The molecular weight excluding hydrogens is 196 g/mol. The smallest absolute Gasteiger partial charge is 0.0750 e. The van der Waals surface area contributed by atoms with E-state index in [1.54, 1.807) is 0 Å². The summed E-state index contributed by atoms with van der Waals surface area (Å²) < 4.78 is 0. The van der Waals surface area contributed by atoms with Crippen LogP contribution in [0.4, 0.5) is 0 Å². The van der Waals surface area contributed by atoms with Gasteiger partial charge in [0.05, 0.1) is 6.10 Å². The van der Waals surface area contributed by atoms with Crippen LogP contribution in [-0.4, -0.2) is 11.2 Å². The monoisotopic (exact) mass is 220 g/mol. The van der Waals surface area contributed by atoms with Crippen LogP contribution in [0.15, 0.2) is 23.8 Å². The molecule has 16 heavy (non-hydrogen) atoms. The lowest BCUT2D eigenvalue weighted by Crippen LogP contribution is -2.44. The molecule has 1 N–H and O–H groups in total. The molecule has 2 unspecified atom stereocenters. The molecule has 2 aliphatic rings. The molecule has 2 rings (SSSR count). The molecule has 2 aliphatic carbocycles. The molecule has 3 atom stereocenters. The first-order valence-electron chi connectivity index (χ1n) is 6.44. The summed E-state index contributed by atoms with van der Waals surface area (Å²) >= 11 is 0. The molecule has 1 saturated carbocycles. The molecular formula is C15H24O. The molecule has 0 spiro atoms. The highest BCUT2D eigenvalue weighted by molar-refractivity contribution is 5.18. The molecule has 0 aromatic carbocycles. The van der Waals surface area contributed by atoms with E-state index in [9.17, 15) is 5.11 Å². The fourth-order valence-corrected chi connectivity index (χ4v) is 3.34. The first-order valence-corrected chi connectivity index (χ1v) is 6.44. The Balaban J connectivity index is 2.18. The third-order valence-electron chi connectivity index (χ3n) is 4.72. The number of hydrogen-bond donors (Lipinski definition) is 1. The molecule has 0 amide bonds. The van der Waals surface area contributed by atoms with Gasteiger partial charge in [-0.15, -0.1) is 0 Å². The van der Waals surface area contributed by atoms with Gasteiger partial charge in [0.25, 0.3) is 0 Å². The van der Waals surface area contributed by atoms with Gasteiger partial charge in [0.1, 0.15) is 0 Å². The minimum atomic E-state index is -0.252. The number of aliphatic hydroxyl groups excluding tert-OH is 1. The Bertz CT molecular complexity index is 324. The van der Waals surface area contributed by atoms with Crippen molar-refractivity contribution in [2.45, 2.75) is 52.6 Å². The zero-order valence-electron chi connectivity index (χ0n) is 10.8. The second kappa shape index (κ2) is 4.03. The summed E-state index contributed by atoms with van der Waals surface area (Å²) in [6.45, 7) is 11.0. The Morgan fingerprint density at radius 3 is 2.75 bits per heavy atom. The molecule has 0 aromatic heterocycles. The summed E-state index contributed by atoms with van der Waals surface area (Å²) in [6, 6.07) is 0. The van der Waals surface area contributed by atoms with Crippen molar-refractivity contribution in [3.63, 3.8) is 0 Å². The number of hydrogen-bond acceptors (Lipinski definition) is 1. The van der Waals surface area contributed by atoms with E-state index in [1.807, 2.05) is 0 Å². The summed E-state index contributed by atoms with van der Waals surface area (Å²) in [5.74, 6) is 1.43. The van der Waals surface area contributed by atoms with Crippen LogP contribution in [0.5, 0.6) is 0 Å². The van der Waals surface area contributed by atoms with E-state index in [2.05, 4.69) is 33.4 Å². The highest BCUT2D eigenvalue weighted by Gasteiger charge is 2.47. The van der Waals surface area contributed by atoms with Crippen molar-refractivity contribution in [2.24, 2.45) is 17.3 Å². The predicted octanol–water partition coefficient (Wildman–Crippen LogP) is 3.70. The molecule has 0 bridgehead atoms. The van der Waals surface area contributed by atoms with Gasteiger partial charge in [0, 0.05) is 0 Å². The summed E-state index contributed by atoms with van der Waals surface area (Å²) in [4.78, 5) is 0. The molecule has 1 fully saturated rings. The zero-order chi connectivity index (χ0) is 11.9. The minimum absolute atomic E-state index is 0.252. The van der Waals surface area contributed by atoms with Crippen LogP contribution in [0.1, 0.15) is 46.5 Å². The fraction of sp³-hybridized carbons (Fsp3) is 0.733. The van der Waals surface area contributed by atoms with E-state index in [1.165, 1.54) is 12.0 Å². The maximum Gasteiger partial charge on any atom is 0.0750 e. The van der Waals surface area contributed by atoms with E-state index in [4.69, 9.17) is 0 Å². The number of fused-ring (bicyclic) bond motifs is 1. The van der Waals surface area contributed by atoms with Gasteiger partial charge in [-0.2, -0.15) is 0 Å². The van der Waals surface area contributed by atoms with E-state index in [0.717, 1.165) is 30.8 Å². The van der Waals surface area contributed by atoms with Crippen molar-refractivity contribution in [1.29, 1.82) is 0 Å². The Morgan fingerprint density at radius 1 is 1.44 bits per heavy atom. The molecule has 90 valence electrons. The van der Waals surface area contributed by atoms with E-state index >= 15 is 0 Å². The Hall–Kier alpha value is -0.560. The first kappa shape index (κ1) is 11.9. The van der Waals surface area contributed by atoms with Crippen molar-refractivity contribution in [3.05, 3.63) is 23.8 Å². The van der Waals surface area contributed by atoms with E-state index in [0.29, 0.717) is 11.3 Å². The first-order chi connectivity index (χ1) is 7.42. The number of allylic oxidation sites excluding steroid dienone is 2. The molecule has 0 aromatic rings. The number of aliphatic hydroxyl groups is 1. The third kappa shape index (κ3) is 1.98. The lowest BCUT2D eigenvalue weighted by molar-refractivity contribution is 0.0119. The van der Waals surface area contributed by atoms with Crippen LogP contribution < -0.4 is 0 Å². The van der Waals surface area contributed by atoms with Crippen LogP contribution in [0.25, 0.3) is 0 Å². The normalized spacial score (nSPS) is 41.9. The summed E-state index contributed by atoms with van der Waals surface area (Å²) in [7, 11) is 0. The molecule has 0 aliphatic heterocycles. The second-order valence-corrected chi connectivity index (χ2v) is 6.30. The van der Waals surface area contributed by atoms with Crippen LogP contribution in [-0.2, 0) is 0 Å². The molecule has 1 nitrogen and oxygen atoms in total. The average molecular weight is 220 g/mol. The van der Waals surface area contributed by atoms with Gasteiger partial charge in [-0.3, -0.25) is 0 Å². The lowest BCUT2D eigenvalue weighted by atomic mass is 9.52. The highest BCUT2D eigenvalue weighted by atomic mass is 16.3. The standard InChI is InChI=1S/C15H24O/c1-10-6-8-14(16)11(2)5-7-13-12(10)9-15(13,3)4/h5,12-14,16H,1,6-9H2,2-4H3/b11-5-/t12?,13?,14-/m0/s1. The van der Waals surface area contributed by atoms with Gasteiger partial charge in [-0.25, -0.2) is 0 Å². The Labute approximate surface area is 99.3 Å². The van der Waals surface area contributed by atoms with Gasteiger partial charge in [-0.1, -0.05) is 32.1 Å². The maximum atomic E-state index is 9.94. The second-order valence-electron chi connectivity index (χ2n) is 6.30. The SMILES string of the molecule is C=C1CC[C@H](O)/C(C)=C\CC2C1CC2(C)C. The van der Waals surface area contributed by atoms with Crippen LogP contribution >= 0.6 is 0 Å². The van der Waals surface area contributed by atoms with Crippen molar-refractivity contribution < 1.29 is 5.11 Å². The van der Waals surface area contributed by atoms with Gasteiger partial charge in [0.2, 0.25) is 0 Å². The molecule has 1 heteroatoms. The quantitative estimate of drug-likeness (QED) is 0.617. The zero-order valence-corrected chi connectivity index (χ0v) is 10.8. The van der Waals surface area contributed by atoms with Crippen molar-refractivity contribution in [1.82, 2.24) is 0 Å². The van der Waals surface area contributed by atoms with Crippen LogP contribution in [0.3, 0.4) is 0 Å². The van der Waals surface area contributed by atoms with Gasteiger partial charge >= 0.3 is 0 Å². The summed E-state index contributed by atoms with van der Waals surface area (Å²) in [5.41, 5.74) is 2.97. The molecule has 0 radical (unpaired) electrons. The fourth-order valence-electron chi connectivity index (χ4n) is 3.34. The Kier molecular flexibility index (Phi) is 3.00. The van der Waals surface area contributed by atoms with Crippen molar-refractivity contribution in [2.75, 3.05) is 0 Å². The number of rotatable bonds is 0. The van der Waals surface area contributed by atoms with Gasteiger partial charge in [0.15, 0.2) is 0 Å². The summed E-state index contributed by atoms with van der Waals surface area (Å²) in [5, 5.41) is 9.94. The van der Waals surface area contributed by atoms with Gasteiger partial charge in [-0.05, 0) is 55.4 Å². The van der Waals surface area contributed by atoms with Crippen molar-refractivity contribution in [3.8, 4) is 0 Å². The Morgan fingerprint density at radius 2 is 2.12 bits per heavy atom. The van der Waals surface area contributed by atoms with E-state index in [-0.39, 0.29) is 6.10 Å². The lowest BCUT2D eigenvalue weighted by Gasteiger charge is -2.52. The molecule has 0 saturated heterocycles. The largest absolute Gasteiger partial charge is 0.389 e. The highest BCUT2D eigenvalue weighted by Crippen LogP contribution is 2.56.